The molecular formula is C26H29FN2O4S. The minimum atomic E-state index is -4.11. The molecule has 8 heteroatoms. The number of benzene rings is 3. The maximum absolute atomic E-state index is 13.5. The summed E-state index contributed by atoms with van der Waals surface area (Å²) in [6, 6.07) is 14.6. The van der Waals surface area contributed by atoms with Crippen LogP contribution in [-0.2, 0) is 14.8 Å². The Morgan fingerprint density at radius 1 is 0.971 bits per heavy atom. The molecule has 1 N–H and O–H groups in total. The Morgan fingerprint density at radius 2 is 1.56 bits per heavy atom. The van der Waals surface area contributed by atoms with Crippen molar-refractivity contribution in [3.63, 3.8) is 0 Å². The highest BCUT2D eigenvalue weighted by molar-refractivity contribution is 7.92. The minimum absolute atomic E-state index is 0.0107. The topological polar surface area (TPSA) is 75.7 Å². The number of methoxy groups -OCH3 is 1. The summed E-state index contributed by atoms with van der Waals surface area (Å²) < 4.78 is 46.5. The van der Waals surface area contributed by atoms with Crippen molar-refractivity contribution < 1.29 is 22.3 Å². The van der Waals surface area contributed by atoms with Crippen LogP contribution in [0, 0.1) is 26.6 Å². The SMILES string of the molecule is COc1ccc(S(=O)(=O)N(CC(=O)NC(C)c2cc(C)c(C)cc2C)c2ccc(F)cc2)cc1. The highest BCUT2D eigenvalue weighted by atomic mass is 32.2. The number of anilines is 1. The lowest BCUT2D eigenvalue weighted by atomic mass is 9.96. The van der Waals surface area contributed by atoms with E-state index < -0.39 is 28.3 Å². The van der Waals surface area contributed by atoms with Crippen molar-refractivity contribution in [3.05, 3.63) is 88.7 Å². The molecule has 0 aliphatic carbocycles. The maximum atomic E-state index is 13.5. The zero-order valence-electron chi connectivity index (χ0n) is 19.9. The summed E-state index contributed by atoms with van der Waals surface area (Å²) in [5, 5.41) is 2.90. The lowest BCUT2D eigenvalue weighted by molar-refractivity contribution is -0.120. The number of amides is 1. The van der Waals surface area contributed by atoms with Gasteiger partial charge in [-0.1, -0.05) is 12.1 Å². The van der Waals surface area contributed by atoms with Crippen LogP contribution in [-0.4, -0.2) is 28.0 Å². The van der Waals surface area contributed by atoms with E-state index in [-0.39, 0.29) is 16.6 Å². The summed E-state index contributed by atoms with van der Waals surface area (Å²) in [6.45, 7) is 7.40. The van der Waals surface area contributed by atoms with Crippen LogP contribution in [0.5, 0.6) is 5.75 Å². The quantitative estimate of drug-likeness (QED) is 0.497. The average molecular weight is 485 g/mol. The largest absolute Gasteiger partial charge is 0.497 e. The number of sulfonamides is 1. The first-order valence-corrected chi connectivity index (χ1v) is 12.3. The molecule has 0 fully saturated rings. The summed E-state index contributed by atoms with van der Waals surface area (Å²) in [7, 11) is -2.63. The Hall–Kier alpha value is -3.39. The Balaban J connectivity index is 1.90. The van der Waals surface area contributed by atoms with Gasteiger partial charge in [-0.2, -0.15) is 0 Å². The molecule has 180 valence electrons. The second-order valence-electron chi connectivity index (χ2n) is 8.25. The average Bonchev–Trinajstić information content (AvgIpc) is 2.80. The van der Waals surface area contributed by atoms with Gasteiger partial charge in [0.25, 0.3) is 10.0 Å². The predicted molar refractivity (Wildman–Crippen MR) is 131 cm³/mol. The zero-order valence-corrected chi connectivity index (χ0v) is 20.7. The fourth-order valence-electron chi connectivity index (χ4n) is 3.74. The number of halogens is 1. The van der Waals surface area contributed by atoms with E-state index in [9.17, 15) is 17.6 Å². The number of carbonyl (C=O) groups excluding carboxylic acids is 1. The van der Waals surface area contributed by atoms with Gasteiger partial charge in [0.2, 0.25) is 5.91 Å². The van der Waals surface area contributed by atoms with Crippen LogP contribution in [0.3, 0.4) is 0 Å². The van der Waals surface area contributed by atoms with Crippen molar-refractivity contribution in [3.8, 4) is 5.75 Å². The number of ether oxygens (including phenoxy) is 1. The Morgan fingerprint density at radius 3 is 2.15 bits per heavy atom. The van der Waals surface area contributed by atoms with Crippen molar-refractivity contribution in [2.24, 2.45) is 0 Å². The third-order valence-corrected chi connectivity index (χ3v) is 7.56. The zero-order chi connectivity index (χ0) is 25.0. The first kappa shape index (κ1) is 25.2. The summed E-state index contributed by atoms with van der Waals surface area (Å²) in [5.41, 5.74) is 4.45. The predicted octanol–water partition coefficient (Wildman–Crippen LogP) is 4.83. The van der Waals surface area contributed by atoms with Gasteiger partial charge in [0.15, 0.2) is 0 Å². The van der Waals surface area contributed by atoms with E-state index in [4.69, 9.17) is 4.74 Å². The first-order valence-electron chi connectivity index (χ1n) is 10.8. The lowest BCUT2D eigenvalue weighted by Gasteiger charge is -2.25. The number of hydrogen-bond donors (Lipinski definition) is 1. The Bertz CT molecular complexity index is 1270. The monoisotopic (exact) mass is 484 g/mol. The van der Waals surface area contributed by atoms with Crippen LogP contribution in [0.1, 0.15) is 35.2 Å². The number of rotatable bonds is 8. The number of aryl methyl sites for hydroxylation is 3. The molecule has 0 spiro atoms. The van der Waals surface area contributed by atoms with Gasteiger partial charge >= 0.3 is 0 Å². The van der Waals surface area contributed by atoms with E-state index in [2.05, 4.69) is 11.4 Å². The second-order valence-corrected chi connectivity index (χ2v) is 10.1. The van der Waals surface area contributed by atoms with Crippen molar-refractivity contribution in [2.45, 2.75) is 38.6 Å². The first-order chi connectivity index (χ1) is 16.0. The third-order valence-electron chi connectivity index (χ3n) is 5.78. The van der Waals surface area contributed by atoms with E-state index in [1.165, 1.54) is 43.5 Å². The smallest absolute Gasteiger partial charge is 0.264 e. The molecule has 6 nitrogen and oxygen atoms in total. The van der Waals surface area contributed by atoms with Crippen LogP contribution in [0.15, 0.2) is 65.6 Å². The fraction of sp³-hybridized carbons (Fsp3) is 0.269. The van der Waals surface area contributed by atoms with Crippen molar-refractivity contribution in [2.75, 3.05) is 18.0 Å². The van der Waals surface area contributed by atoms with Gasteiger partial charge in [-0.15, -0.1) is 0 Å². The highest BCUT2D eigenvalue weighted by Crippen LogP contribution is 2.26. The number of carbonyl (C=O) groups is 1. The van der Waals surface area contributed by atoms with Crippen molar-refractivity contribution in [1.82, 2.24) is 5.32 Å². The molecule has 3 aromatic carbocycles. The number of nitrogens with zero attached hydrogens (tertiary/aromatic N) is 1. The Kier molecular flexibility index (Phi) is 7.61. The molecule has 0 heterocycles. The normalized spacial score (nSPS) is 12.2. The standard InChI is InChI=1S/C26H29FN2O4S/c1-17-14-19(3)25(15-18(17)2)20(4)28-26(30)16-29(22-8-6-21(27)7-9-22)34(31,32)24-12-10-23(33-5)11-13-24/h6-15,20H,16H2,1-5H3,(H,28,30). The van der Waals surface area contributed by atoms with Gasteiger partial charge in [-0.05, 0) is 98.5 Å². The van der Waals surface area contributed by atoms with E-state index in [1.807, 2.05) is 33.8 Å². The summed E-state index contributed by atoms with van der Waals surface area (Å²) in [5.74, 6) is -0.483. The van der Waals surface area contributed by atoms with Crippen LogP contribution >= 0.6 is 0 Å². The Labute approximate surface area is 200 Å². The van der Waals surface area contributed by atoms with Crippen LogP contribution < -0.4 is 14.4 Å². The minimum Gasteiger partial charge on any atom is -0.497 e. The molecule has 1 unspecified atom stereocenters. The highest BCUT2D eigenvalue weighted by Gasteiger charge is 2.28. The van der Waals surface area contributed by atoms with Gasteiger partial charge < -0.3 is 10.1 Å². The van der Waals surface area contributed by atoms with Gasteiger partial charge in [0.1, 0.15) is 18.1 Å². The third kappa shape index (κ3) is 5.56. The molecule has 34 heavy (non-hydrogen) atoms. The number of hydrogen-bond acceptors (Lipinski definition) is 4. The maximum Gasteiger partial charge on any atom is 0.264 e. The van der Waals surface area contributed by atoms with E-state index >= 15 is 0 Å². The number of nitrogens with one attached hydrogen (secondary N) is 1. The van der Waals surface area contributed by atoms with E-state index in [0.29, 0.717) is 5.75 Å². The molecular weight excluding hydrogens is 455 g/mol. The van der Waals surface area contributed by atoms with Gasteiger partial charge in [0, 0.05) is 0 Å². The van der Waals surface area contributed by atoms with E-state index in [0.717, 1.165) is 38.7 Å². The molecule has 0 aliphatic heterocycles. The fourth-order valence-corrected chi connectivity index (χ4v) is 5.16. The molecule has 0 saturated heterocycles. The summed E-state index contributed by atoms with van der Waals surface area (Å²) in [6.07, 6.45) is 0. The van der Waals surface area contributed by atoms with E-state index in [1.54, 1.807) is 0 Å². The molecule has 0 bridgehead atoms. The molecule has 0 aliphatic rings. The van der Waals surface area contributed by atoms with Crippen LogP contribution in [0.25, 0.3) is 0 Å². The second kappa shape index (κ2) is 10.3. The van der Waals surface area contributed by atoms with Gasteiger partial charge in [-0.25, -0.2) is 12.8 Å². The molecule has 0 radical (unpaired) electrons. The summed E-state index contributed by atoms with van der Waals surface area (Å²) >= 11 is 0. The van der Waals surface area contributed by atoms with Gasteiger partial charge in [0.05, 0.1) is 23.7 Å². The molecule has 0 saturated carbocycles. The summed E-state index contributed by atoms with van der Waals surface area (Å²) in [4.78, 5) is 13.0. The molecule has 3 rings (SSSR count). The molecule has 3 aromatic rings. The van der Waals surface area contributed by atoms with Crippen molar-refractivity contribution in [1.29, 1.82) is 0 Å². The lowest BCUT2D eigenvalue weighted by Crippen LogP contribution is -2.41. The van der Waals surface area contributed by atoms with Crippen LogP contribution in [0.4, 0.5) is 10.1 Å². The van der Waals surface area contributed by atoms with Gasteiger partial charge in [-0.3, -0.25) is 9.10 Å². The molecule has 1 atom stereocenters. The molecule has 0 aromatic heterocycles. The van der Waals surface area contributed by atoms with Crippen LogP contribution in [0.2, 0.25) is 0 Å². The van der Waals surface area contributed by atoms with Crippen molar-refractivity contribution >= 4 is 21.6 Å². The molecule has 1 amide bonds.